The first kappa shape index (κ1) is 19.7. The van der Waals surface area contributed by atoms with Gasteiger partial charge in [0.2, 0.25) is 0 Å². The van der Waals surface area contributed by atoms with Crippen molar-refractivity contribution in [2.24, 2.45) is 5.92 Å². The predicted molar refractivity (Wildman–Crippen MR) is 102 cm³/mol. The molecule has 1 aliphatic heterocycles. The third-order valence-corrected chi connectivity index (χ3v) is 5.94. The molecule has 1 saturated heterocycles. The molecule has 1 aromatic heterocycles. The van der Waals surface area contributed by atoms with Crippen molar-refractivity contribution in [3.8, 4) is 0 Å². The van der Waals surface area contributed by atoms with Crippen LogP contribution in [0.4, 0.5) is 0 Å². The minimum Gasteiger partial charge on any atom is -0.383 e. The highest BCUT2D eigenvalue weighted by atomic mass is 16.5. The van der Waals surface area contributed by atoms with Crippen molar-refractivity contribution < 1.29 is 4.74 Å². The van der Waals surface area contributed by atoms with Crippen LogP contribution in [-0.2, 0) is 11.3 Å². The van der Waals surface area contributed by atoms with E-state index in [2.05, 4.69) is 39.2 Å². The van der Waals surface area contributed by atoms with E-state index in [4.69, 9.17) is 4.74 Å². The first-order chi connectivity index (χ1) is 12.7. The zero-order valence-corrected chi connectivity index (χ0v) is 16.8. The molecule has 0 unspecified atom stereocenters. The first-order valence-electron chi connectivity index (χ1n) is 10.4. The van der Waals surface area contributed by atoms with Crippen LogP contribution in [0.1, 0.15) is 64.2 Å². The molecule has 1 aromatic rings. The Balaban J connectivity index is 1.64. The van der Waals surface area contributed by atoms with Crippen molar-refractivity contribution in [1.82, 2.24) is 30.0 Å². The lowest BCUT2D eigenvalue weighted by Gasteiger charge is -2.43. The molecule has 3 rings (SSSR count). The van der Waals surface area contributed by atoms with Crippen LogP contribution in [0.5, 0.6) is 0 Å². The Hall–Kier alpha value is -1.05. The van der Waals surface area contributed by atoms with Crippen molar-refractivity contribution in [3.63, 3.8) is 0 Å². The Morgan fingerprint density at radius 3 is 2.46 bits per heavy atom. The fourth-order valence-electron chi connectivity index (χ4n) is 4.51. The van der Waals surface area contributed by atoms with Crippen molar-refractivity contribution in [2.75, 3.05) is 39.9 Å². The molecule has 0 radical (unpaired) electrons. The quantitative estimate of drug-likeness (QED) is 0.706. The summed E-state index contributed by atoms with van der Waals surface area (Å²) in [4.78, 5) is 5.34. The van der Waals surface area contributed by atoms with Gasteiger partial charge in [-0.2, -0.15) is 0 Å². The third-order valence-electron chi connectivity index (χ3n) is 5.94. The molecule has 148 valence electrons. The molecule has 1 saturated carbocycles. The maximum atomic E-state index is 5.22. The average molecular weight is 365 g/mol. The molecule has 0 spiro atoms. The lowest BCUT2D eigenvalue weighted by atomic mass is 9.93. The van der Waals surface area contributed by atoms with Gasteiger partial charge >= 0.3 is 0 Å². The molecule has 0 bridgehead atoms. The molecule has 7 nitrogen and oxygen atoms in total. The van der Waals surface area contributed by atoms with E-state index in [0.717, 1.165) is 37.9 Å². The topological polar surface area (TPSA) is 59.3 Å². The molecule has 0 N–H and O–H groups in total. The highest BCUT2D eigenvalue weighted by molar-refractivity contribution is 4.96. The summed E-state index contributed by atoms with van der Waals surface area (Å²) < 4.78 is 7.16. The second kappa shape index (κ2) is 9.76. The number of rotatable bonds is 8. The molecule has 7 heteroatoms. The molecule has 1 aliphatic carbocycles. The normalized spacial score (nSPS) is 22.2. The monoisotopic (exact) mass is 364 g/mol. The lowest BCUT2D eigenvalue weighted by Crippen LogP contribution is -2.52. The summed E-state index contributed by atoms with van der Waals surface area (Å²) in [5, 5.41) is 12.6. The molecular weight excluding hydrogens is 328 g/mol. The Kier molecular flexibility index (Phi) is 7.40. The van der Waals surface area contributed by atoms with Gasteiger partial charge in [-0.05, 0) is 35.6 Å². The van der Waals surface area contributed by atoms with E-state index >= 15 is 0 Å². The van der Waals surface area contributed by atoms with E-state index in [1.54, 1.807) is 7.11 Å². The zero-order chi connectivity index (χ0) is 18.4. The number of aromatic nitrogens is 4. The lowest BCUT2D eigenvalue weighted by molar-refractivity contribution is 0.0462. The minimum atomic E-state index is 0.301. The third kappa shape index (κ3) is 5.02. The maximum absolute atomic E-state index is 5.22. The number of hydrogen-bond acceptors (Lipinski definition) is 6. The van der Waals surface area contributed by atoms with Gasteiger partial charge in [0.15, 0.2) is 5.82 Å². The van der Waals surface area contributed by atoms with E-state index in [1.165, 1.54) is 45.2 Å². The summed E-state index contributed by atoms with van der Waals surface area (Å²) >= 11 is 0. The molecule has 2 aliphatic rings. The van der Waals surface area contributed by atoms with Crippen LogP contribution in [0.3, 0.4) is 0 Å². The molecule has 0 amide bonds. The standard InChI is InChI=1S/C19H36N6O/c1-16(2)15-18(19-20-21-22-25(19)13-14-26-3)24-11-9-23(10-12-24)17-7-5-4-6-8-17/h16-18H,4-15H2,1-3H3/t18-/m0/s1. The van der Waals surface area contributed by atoms with E-state index in [0.29, 0.717) is 18.6 Å². The number of hydrogen-bond donors (Lipinski definition) is 0. The smallest absolute Gasteiger partial charge is 0.168 e. The minimum absolute atomic E-state index is 0.301. The van der Waals surface area contributed by atoms with Crippen LogP contribution >= 0.6 is 0 Å². The summed E-state index contributed by atoms with van der Waals surface area (Å²) in [6.07, 6.45) is 8.13. The van der Waals surface area contributed by atoms with Crippen molar-refractivity contribution in [1.29, 1.82) is 0 Å². The molecular formula is C19H36N6O. The van der Waals surface area contributed by atoms with Gasteiger partial charge in [-0.25, -0.2) is 4.68 Å². The van der Waals surface area contributed by atoms with Gasteiger partial charge in [0.1, 0.15) is 0 Å². The van der Waals surface area contributed by atoms with E-state index in [9.17, 15) is 0 Å². The Bertz CT molecular complexity index is 520. The van der Waals surface area contributed by atoms with Gasteiger partial charge in [-0.3, -0.25) is 9.80 Å². The van der Waals surface area contributed by atoms with Crippen molar-refractivity contribution >= 4 is 0 Å². The van der Waals surface area contributed by atoms with Crippen LogP contribution in [0.15, 0.2) is 0 Å². The SMILES string of the molecule is COCCn1nnnc1[C@H](CC(C)C)N1CCN(C2CCCCC2)CC1. The number of nitrogens with zero attached hydrogens (tertiary/aromatic N) is 6. The second-order valence-electron chi connectivity index (χ2n) is 8.26. The average Bonchev–Trinajstić information content (AvgIpc) is 3.13. The van der Waals surface area contributed by atoms with Gasteiger partial charge in [-0.1, -0.05) is 33.1 Å². The number of piperazine rings is 1. The first-order valence-corrected chi connectivity index (χ1v) is 10.4. The van der Waals surface area contributed by atoms with Gasteiger partial charge in [0.05, 0.1) is 19.2 Å². The fraction of sp³-hybridized carbons (Fsp3) is 0.947. The summed E-state index contributed by atoms with van der Waals surface area (Å²) in [5.74, 6) is 1.62. The van der Waals surface area contributed by atoms with E-state index in [-0.39, 0.29) is 0 Å². The van der Waals surface area contributed by atoms with Crippen LogP contribution in [0, 0.1) is 5.92 Å². The van der Waals surface area contributed by atoms with Crippen molar-refractivity contribution in [2.45, 2.75) is 71.0 Å². The summed E-state index contributed by atoms with van der Waals surface area (Å²) in [6, 6.07) is 1.12. The van der Waals surface area contributed by atoms with Crippen LogP contribution in [-0.4, -0.2) is 75.9 Å². The molecule has 26 heavy (non-hydrogen) atoms. The summed E-state index contributed by atoms with van der Waals surface area (Å²) in [7, 11) is 1.72. The van der Waals surface area contributed by atoms with Gasteiger partial charge in [0, 0.05) is 39.3 Å². The Morgan fingerprint density at radius 2 is 1.81 bits per heavy atom. The summed E-state index contributed by atoms with van der Waals surface area (Å²) in [5.41, 5.74) is 0. The highest BCUT2D eigenvalue weighted by Crippen LogP contribution is 2.29. The van der Waals surface area contributed by atoms with Gasteiger partial charge in [0.25, 0.3) is 0 Å². The van der Waals surface area contributed by atoms with Crippen molar-refractivity contribution in [3.05, 3.63) is 5.82 Å². The number of methoxy groups -OCH3 is 1. The van der Waals surface area contributed by atoms with E-state index in [1.807, 2.05) is 4.68 Å². The Labute approximate surface area is 158 Å². The van der Waals surface area contributed by atoms with Crippen LogP contribution in [0.2, 0.25) is 0 Å². The molecule has 2 heterocycles. The van der Waals surface area contributed by atoms with Gasteiger partial charge < -0.3 is 4.74 Å². The fourth-order valence-corrected chi connectivity index (χ4v) is 4.51. The predicted octanol–water partition coefficient (Wildman–Crippen LogP) is 2.36. The largest absolute Gasteiger partial charge is 0.383 e. The zero-order valence-electron chi connectivity index (χ0n) is 16.8. The maximum Gasteiger partial charge on any atom is 0.168 e. The Morgan fingerprint density at radius 1 is 1.08 bits per heavy atom. The van der Waals surface area contributed by atoms with Gasteiger partial charge in [-0.15, -0.1) is 5.10 Å². The molecule has 0 aromatic carbocycles. The van der Waals surface area contributed by atoms with Crippen LogP contribution < -0.4 is 0 Å². The van der Waals surface area contributed by atoms with E-state index < -0.39 is 0 Å². The number of ether oxygens (including phenoxy) is 1. The summed E-state index contributed by atoms with van der Waals surface area (Å²) in [6.45, 7) is 10.5. The van der Waals surface area contributed by atoms with Crippen LogP contribution in [0.25, 0.3) is 0 Å². The second-order valence-corrected chi connectivity index (χ2v) is 8.26. The highest BCUT2D eigenvalue weighted by Gasteiger charge is 2.31. The molecule has 2 fully saturated rings. The number of tetrazole rings is 1. The molecule has 1 atom stereocenters.